The van der Waals surface area contributed by atoms with E-state index in [1.807, 2.05) is 11.8 Å². The number of carbonyl (C=O) groups excluding carboxylic acids is 2. The van der Waals surface area contributed by atoms with Gasteiger partial charge in [-0.2, -0.15) is 0 Å². The van der Waals surface area contributed by atoms with Crippen LogP contribution in [0.3, 0.4) is 0 Å². The monoisotopic (exact) mass is 391 g/mol. The second-order valence-corrected chi connectivity index (χ2v) is 7.26. The molecular weight excluding hydrogens is 370 g/mol. The van der Waals surface area contributed by atoms with Gasteiger partial charge < -0.3 is 20.2 Å². The Bertz CT molecular complexity index is 811. The molecule has 3 N–H and O–H groups in total. The zero-order chi connectivity index (χ0) is 19.4. The summed E-state index contributed by atoms with van der Waals surface area (Å²) in [5.74, 6) is -1.34. The molecule has 0 radical (unpaired) electrons. The third kappa shape index (κ3) is 4.55. The lowest BCUT2D eigenvalue weighted by molar-refractivity contribution is -0.139. The highest BCUT2D eigenvalue weighted by atomic mass is 32.1. The van der Waals surface area contributed by atoms with Gasteiger partial charge in [-0.25, -0.2) is 0 Å². The largest absolute Gasteiger partial charge is 0.480 e. The number of rotatable bonds is 8. The van der Waals surface area contributed by atoms with Gasteiger partial charge >= 0.3 is 5.97 Å². The number of nitrogens with zero attached hydrogens (tertiary/aromatic N) is 1. The molecule has 0 aromatic carbocycles. The summed E-state index contributed by atoms with van der Waals surface area (Å²) in [6, 6.07) is 4.99. The molecule has 1 aliphatic rings. The Morgan fingerprint density at radius 2 is 2.07 bits per heavy atom. The Balaban J connectivity index is 1.53. The summed E-state index contributed by atoms with van der Waals surface area (Å²) in [7, 11) is 0. The van der Waals surface area contributed by atoms with Crippen LogP contribution >= 0.6 is 11.3 Å². The minimum atomic E-state index is -0.848. The van der Waals surface area contributed by atoms with Crippen molar-refractivity contribution in [2.45, 2.75) is 31.8 Å². The number of carboxylic acid groups (broad SMARTS) is 1. The average Bonchev–Trinajstić information content (AvgIpc) is 3.27. The summed E-state index contributed by atoms with van der Waals surface area (Å²) in [5, 5.41) is 16.8. The molecule has 8 nitrogen and oxygen atoms in total. The molecule has 0 unspecified atom stereocenters. The van der Waals surface area contributed by atoms with Crippen LogP contribution in [0.25, 0.3) is 0 Å². The molecule has 2 aromatic heterocycles. The SMILES string of the molecule is CCN(CC(=O)O)C1CC(NC(=O)c2ccsc2NC(=O)c2ccco2)C1. The first kappa shape index (κ1) is 19.1. The van der Waals surface area contributed by atoms with E-state index in [1.165, 1.54) is 17.6 Å². The van der Waals surface area contributed by atoms with Gasteiger partial charge in [0.25, 0.3) is 11.8 Å². The molecule has 9 heteroatoms. The van der Waals surface area contributed by atoms with Crippen LogP contribution in [0.4, 0.5) is 5.00 Å². The normalized spacial score (nSPS) is 18.7. The van der Waals surface area contributed by atoms with Crippen molar-refractivity contribution in [1.82, 2.24) is 10.2 Å². The van der Waals surface area contributed by atoms with Crippen molar-refractivity contribution in [2.75, 3.05) is 18.4 Å². The molecule has 2 aromatic rings. The van der Waals surface area contributed by atoms with Gasteiger partial charge in [0.15, 0.2) is 5.76 Å². The van der Waals surface area contributed by atoms with Gasteiger partial charge in [0.2, 0.25) is 0 Å². The highest BCUT2D eigenvalue weighted by molar-refractivity contribution is 7.14. The van der Waals surface area contributed by atoms with Gasteiger partial charge in [0.05, 0.1) is 18.4 Å². The van der Waals surface area contributed by atoms with Crippen LogP contribution in [0.2, 0.25) is 0 Å². The number of thiophene rings is 1. The topological polar surface area (TPSA) is 112 Å². The maximum atomic E-state index is 12.5. The fourth-order valence-corrected chi connectivity index (χ4v) is 3.88. The maximum Gasteiger partial charge on any atom is 0.317 e. The number of hydrogen-bond acceptors (Lipinski definition) is 6. The first-order chi connectivity index (χ1) is 13.0. The van der Waals surface area contributed by atoms with Gasteiger partial charge in [-0.3, -0.25) is 19.3 Å². The number of amides is 2. The summed E-state index contributed by atoms with van der Waals surface area (Å²) in [6.45, 7) is 2.59. The molecule has 0 atom stereocenters. The van der Waals surface area contributed by atoms with E-state index in [0.29, 0.717) is 30.0 Å². The van der Waals surface area contributed by atoms with E-state index < -0.39 is 11.9 Å². The van der Waals surface area contributed by atoms with Crippen LogP contribution in [0.1, 0.15) is 40.7 Å². The average molecular weight is 391 g/mol. The van der Waals surface area contributed by atoms with Gasteiger partial charge in [0.1, 0.15) is 5.00 Å². The number of furan rings is 1. The van der Waals surface area contributed by atoms with Gasteiger partial charge in [-0.15, -0.1) is 11.3 Å². The summed E-state index contributed by atoms with van der Waals surface area (Å²) < 4.78 is 5.05. The zero-order valence-electron chi connectivity index (χ0n) is 14.8. The van der Waals surface area contributed by atoms with Crippen LogP contribution in [0, 0.1) is 0 Å². The van der Waals surface area contributed by atoms with E-state index in [1.54, 1.807) is 23.6 Å². The number of carbonyl (C=O) groups is 3. The van der Waals surface area contributed by atoms with Crippen molar-refractivity contribution in [2.24, 2.45) is 0 Å². The van der Waals surface area contributed by atoms with Crippen molar-refractivity contribution >= 4 is 34.1 Å². The van der Waals surface area contributed by atoms with Gasteiger partial charge in [-0.1, -0.05) is 6.92 Å². The maximum absolute atomic E-state index is 12.5. The quantitative estimate of drug-likeness (QED) is 0.636. The number of likely N-dealkylation sites (N-methyl/N-ethyl adjacent to an activating group) is 1. The molecule has 1 fully saturated rings. The lowest BCUT2D eigenvalue weighted by atomic mass is 9.85. The summed E-state index contributed by atoms with van der Waals surface area (Å²) >= 11 is 1.26. The van der Waals surface area contributed by atoms with Crippen LogP contribution in [0.5, 0.6) is 0 Å². The van der Waals surface area contributed by atoms with Crippen LogP contribution in [-0.4, -0.2) is 53.0 Å². The molecule has 0 bridgehead atoms. The van der Waals surface area contributed by atoms with E-state index >= 15 is 0 Å². The van der Waals surface area contributed by atoms with E-state index in [-0.39, 0.29) is 30.3 Å². The zero-order valence-corrected chi connectivity index (χ0v) is 15.6. The molecule has 1 aliphatic carbocycles. The molecule has 3 rings (SSSR count). The predicted octanol–water partition coefficient (Wildman–Crippen LogP) is 2.26. The number of nitrogens with one attached hydrogen (secondary N) is 2. The highest BCUT2D eigenvalue weighted by Crippen LogP contribution is 2.28. The molecule has 1 saturated carbocycles. The summed E-state index contributed by atoms with van der Waals surface area (Å²) in [4.78, 5) is 37.4. The van der Waals surface area contributed by atoms with E-state index in [0.717, 1.165) is 0 Å². The minimum Gasteiger partial charge on any atom is -0.480 e. The third-order valence-electron chi connectivity index (χ3n) is 4.59. The molecule has 0 saturated heterocycles. The predicted molar refractivity (Wildman–Crippen MR) is 100 cm³/mol. The first-order valence-electron chi connectivity index (χ1n) is 8.67. The lowest BCUT2D eigenvalue weighted by Gasteiger charge is -2.42. The smallest absolute Gasteiger partial charge is 0.317 e. The Hall–Kier alpha value is -2.65. The molecular formula is C18H21N3O5S. The van der Waals surface area contributed by atoms with E-state index in [9.17, 15) is 14.4 Å². The first-order valence-corrected chi connectivity index (χ1v) is 9.55. The van der Waals surface area contributed by atoms with Crippen molar-refractivity contribution in [1.29, 1.82) is 0 Å². The standard InChI is InChI=1S/C18H21N3O5S/c1-2-21(10-15(22)23)12-8-11(9-12)19-16(24)13-5-7-27-18(13)20-17(25)14-4-3-6-26-14/h3-7,11-12H,2,8-10H2,1H3,(H,19,24)(H,20,25)(H,22,23). The fraction of sp³-hybridized carbons (Fsp3) is 0.389. The van der Waals surface area contributed by atoms with Crippen molar-refractivity contribution in [3.63, 3.8) is 0 Å². The van der Waals surface area contributed by atoms with Gasteiger partial charge in [0, 0.05) is 12.1 Å². The number of anilines is 1. The Kier molecular flexibility index (Phi) is 5.92. The molecule has 0 spiro atoms. The molecule has 27 heavy (non-hydrogen) atoms. The van der Waals surface area contributed by atoms with Crippen molar-refractivity contribution < 1.29 is 23.9 Å². The second kappa shape index (κ2) is 8.36. The fourth-order valence-electron chi connectivity index (χ4n) is 3.10. The van der Waals surface area contributed by atoms with E-state index in [2.05, 4.69) is 10.6 Å². The molecule has 0 aliphatic heterocycles. The van der Waals surface area contributed by atoms with Gasteiger partial charge in [-0.05, 0) is 43.0 Å². The lowest BCUT2D eigenvalue weighted by Crippen LogP contribution is -2.54. The Morgan fingerprint density at radius 1 is 1.30 bits per heavy atom. The number of aliphatic carboxylic acids is 1. The van der Waals surface area contributed by atoms with Crippen LogP contribution < -0.4 is 10.6 Å². The number of carboxylic acids is 1. The molecule has 2 heterocycles. The molecule has 144 valence electrons. The van der Waals surface area contributed by atoms with Crippen molar-refractivity contribution in [3.05, 3.63) is 41.2 Å². The Labute approximate surface area is 160 Å². The molecule has 2 amide bonds. The summed E-state index contributed by atoms with van der Waals surface area (Å²) in [6.07, 6.45) is 2.84. The third-order valence-corrected chi connectivity index (χ3v) is 5.42. The number of hydrogen-bond donors (Lipinski definition) is 3. The Morgan fingerprint density at radius 3 is 2.70 bits per heavy atom. The highest BCUT2D eigenvalue weighted by Gasteiger charge is 2.35. The van der Waals surface area contributed by atoms with Crippen LogP contribution in [-0.2, 0) is 4.79 Å². The van der Waals surface area contributed by atoms with Crippen molar-refractivity contribution in [3.8, 4) is 0 Å². The van der Waals surface area contributed by atoms with Crippen LogP contribution in [0.15, 0.2) is 34.3 Å². The minimum absolute atomic E-state index is 0.00105. The second-order valence-electron chi connectivity index (χ2n) is 6.35. The summed E-state index contributed by atoms with van der Waals surface area (Å²) in [5.41, 5.74) is 0.404. The van der Waals surface area contributed by atoms with E-state index in [4.69, 9.17) is 9.52 Å².